The van der Waals surface area contributed by atoms with E-state index in [0.717, 1.165) is 32.1 Å². The largest absolute Gasteiger partial charge is 0.299 e. The Bertz CT molecular complexity index is 648. The van der Waals surface area contributed by atoms with E-state index in [-0.39, 0.29) is 5.92 Å². The molecule has 0 heterocycles. The SMILES string of the molecule is O=C1CCCCC1C/C=C/Cc1cccc2ccccc12. The van der Waals surface area contributed by atoms with Gasteiger partial charge in [-0.05, 0) is 42.0 Å². The summed E-state index contributed by atoms with van der Waals surface area (Å²) in [5.41, 5.74) is 1.36. The number of Topliss-reactive ketones (excluding diaryl/α,β-unsaturated/α-hetero) is 1. The summed E-state index contributed by atoms with van der Waals surface area (Å²) in [5.74, 6) is 0.749. The number of fused-ring (bicyclic) bond motifs is 1. The summed E-state index contributed by atoms with van der Waals surface area (Å²) in [5, 5.41) is 2.63. The normalized spacial score (nSPS) is 19.4. The summed E-state index contributed by atoms with van der Waals surface area (Å²) in [4.78, 5) is 11.8. The molecule has 3 rings (SSSR count). The Morgan fingerprint density at radius 2 is 1.86 bits per heavy atom. The molecule has 0 amide bonds. The van der Waals surface area contributed by atoms with Gasteiger partial charge in [0, 0.05) is 12.3 Å². The van der Waals surface area contributed by atoms with E-state index < -0.39 is 0 Å². The second-order valence-corrected chi connectivity index (χ2v) is 5.96. The zero-order valence-electron chi connectivity index (χ0n) is 12.4. The molecule has 0 saturated heterocycles. The van der Waals surface area contributed by atoms with Crippen molar-refractivity contribution in [2.45, 2.75) is 38.5 Å². The maximum absolute atomic E-state index is 11.8. The van der Waals surface area contributed by atoms with Crippen LogP contribution < -0.4 is 0 Å². The standard InChI is InChI=1S/C20H22O/c21-20-15-6-4-11-18(20)10-2-1-8-16-12-7-13-17-9-3-5-14-19(16)17/h1-3,5,7,9,12-14,18H,4,6,8,10-11,15H2/b2-1+. The van der Waals surface area contributed by atoms with Gasteiger partial charge in [-0.2, -0.15) is 0 Å². The molecule has 2 aromatic rings. The van der Waals surface area contributed by atoms with Crippen LogP contribution >= 0.6 is 0 Å². The van der Waals surface area contributed by atoms with Crippen molar-refractivity contribution < 1.29 is 4.79 Å². The van der Waals surface area contributed by atoms with Crippen LogP contribution in [-0.4, -0.2) is 5.78 Å². The molecule has 0 aromatic heterocycles. The molecule has 1 saturated carbocycles. The van der Waals surface area contributed by atoms with Gasteiger partial charge in [-0.1, -0.05) is 61.0 Å². The molecule has 1 nitrogen and oxygen atoms in total. The minimum absolute atomic E-state index is 0.280. The minimum atomic E-state index is 0.280. The second-order valence-electron chi connectivity index (χ2n) is 5.96. The predicted molar refractivity (Wildman–Crippen MR) is 88.4 cm³/mol. The minimum Gasteiger partial charge on any atom is -0.299 e. The molecule has 0 aliphatic heterocycles. The highest BCUT2D eigenvalue weighted by atomic mass is 16.1. The van der Waals surface area contributed by atoms with Gasteiger partial charge >= 0.3 is 0 Å². The molecule has 0 radical (unpaired) electrons. The van der Waals surface area contributed by atoms with Crippen LogP contribution in [0, 0.1) is 5.92 Å². The Labute approximate surface area is 126 Å². The Hall–Kier alpha value is -1.89. The van der Waals surface area contributed by atoms with Crippen molar-refractivity contribution in [3.8, 4) is 0 Å². The first kappa shape index (κ1) is 14.1. The lowest BCUT2D eigenvalue weighted by Gasteiger charge is -2.18. The van der Waals surface area contributed by atoms with Crippen molar-refractivity contribution in [3.05, 3.63) is 60.2 Å². The molecule has 2 aromatic carbocycles. The highest BCUT2D eigenvalue weighted by Crippen LogP contribution is 2.24. The van der Waals surface area contributed by atoms with Gasteiger partial charge in [-0.25, -0.2) is 0 Å². The first-order valence-electron chi connectivity index (χ1n) is 7.99. The van der Waals surface area contributed by atoms with Gasteiger partial charge in [-0.15, -0.1) is 0 Å². The summed E-state index contributed by atoms with van der Waals surface area (Å²) < 4.78 is 0. The molecule has 1 aliphatic rings. The fourth-order valence-corrected chi connectivity index (χ4v) is 3.25. The molecule has 0 N–H and O–H groups in total. The molecule has 1 aliphatic carbocycles. The van der Waals surface area contributed by atoms with Crippen molar-refractivity contribution in [1.82, 2.24) is 0 Å². The number of carbonyl (C=O) groups is 1. The topological polar surface area (TPSA) is 17.1 Å². The summed E-state index contributed by atoms with van der Waals surface area (Å²) in [6.45, 7) is 0. The van der Waals surface area contributed by atoms with Crippen LogP contribution in [0.5, 0.6) is 0 Å². The highest BCUT2D eigenvalue weighted by Gasteiger charge is 2.20. The van der Waals surface area contributed by atoms with Gasteiger partial charge in [0.25, 0.3) is 0 Å². The van der Waals surface area contributed by atoms with E-state index in [2.05, 4.69) is 54.6 Å². The van der Waals surface area contributed by atoms with Crippen LogP contribution in [0.4, 0.5) is 0 Å². The predicted octanol–water partition coefficient (Wildman–Crippen LogP) is 5.09. The summed E-state index contributed by atoms with van der Waals surface area (Å²) in [6, 6.07) is 15.0. The second kappa shape index (κ2) is 6.71. The zero-order chi connectivity index (χ0) is 14.5. The number of carbonyl (C=O) groups excluding carboxylic acids is 1. The van der Waals surface area contributed by atoms with E-state index in [1.807, 2.05) is 0 Å². The lowest BCUT2D eigenvalue weighted by atomic mass is 9.85. The van der Waals surface area contributed by atoms with Crippen LogP contribution in [0.3, 0.4) is 0 Å². The third-order valence-electron chi connectivity index (χ3n) is 4.49. The smallest absolute Gasteiger partial charge is 0.136 e. The maximum Gasteiger partial charge on any atom is 0.136 e. The molecule has 108 valence electrons. The highest BCUT2D eigenvalue weighted by molar-refractivity contribution is 5.85. The molecule has 0 spiro atoms. The van der Waals surface area contributed by atoms with E-state index in [4.69, 9.17) is 0 Å². The average Bonchev–Trinajstić information content (AvgIpc) is 2.53. The van der Waals surface area contributed by atoms with E-state index in [1.54, 1.807) is 0 Å². The molecule has 21 heavy (non-hydrogen) atoms. The Kier molecular flexibility index (Phi) is 4.49. The Balaban J connectivity index is 1.63. The number of allylic oxidation sites excluding steroid dienone is 2. The molecule has 1 heteroatoms. The van der Waals surface area contributed by atoms with Crippen LogP contribution in [-0.2, 0) is 11.2 Å². The lowest BCUT2D eigenvalue weighted by Crippen LogP contribution is -2.17. The van der Waals surface area contributed by atoms with Crippen molar-refractivity contribution in [1.29, 1.82) is 0 Å². The van der Waals surface area contributed by atoms with E-state index in [1.165, 1.54) is 22.8 Å². The molecule has 0 bridgehead atoms. The van der Waals surface area contributed by atoms with Crippen LogP contribution in [0.15, 0.2) is 54.6 Å². The van der Waals surface area contributed by atoms with E-state index in [0.29, 0.717) is 5.78 Å². The first-order valence-corrected chi connectivity index (χ1v) is 7.99. The van der Waals surface area contributed by atoms with Crippen molar-refractivity contribution in [2.75, 3.05) is 0 Å². The van der Waals surface area contributed by atoms with Gasteiger partial charge in [0.1, 0.15) is 5.78 Å². The van der Waals surface area contributed by atoms with Crippen LogP contribution in [0.2, 0.25) is 0 Å². The van der Waals surface area contributed by atoms with E-state index >= 15 is 0 Å². The summed E-state index contributed by atoms with van der Waals surface area (Å²) in [6.07, 6.45) is 10.5. The number of hydrogen-bond donors (Lipinski definition) is 0. The lowest BCUT2D eigenvalue weighted by molar-refractivity contribution is -0.124. The third kappa shape index (κ3) is 3.41. The fourth-order valence-electron chi connectivity index (χ4n) is 3.25. The maximum atomic E-state index is 11.8. The Morgan fingerprint density at radius 1 is 1.00 bits per heavy atom. The number of hydrogen-bond acceptors (Lipinski definition) is 1. The van der Waals surface area contributed by atoms with Crippen LogP contribution in [0.1, 0.15) is 37.7 Å². The molecule has 1 unspecified atom stereocenters. The number of ketones is 1. The van der Waals surface area contributed by atoms with Crippen molar-refractivity contribution in [3.63, 3.8) is 0 Å². The molecule has 1 fully saturated rings. The zero-order valence-corrected chi connectivity index (χ0v) is 12.4. The van der Waals surface area contributed by atoms with Gasteiger partial charge in [0.15, 0.2) is 0 Å². The van der Waals surface area contributed by atoms with Crippen molar-refractivity contribution >= 4 is 16.6 Å². The fraction of sp³-hybridized carbons (Fsp3) is 0.350. The summed E-state index contributed by atoms with van der Waals surface area (Å²) in [7, 11) is 0. The van der Waals surface area contributed by atoms with Gasteiger partial charge in [-0.3, -0.25) is 4.79 Å². The van der Waals surface area contributed by atoms with Gasteiger partial charge < -0.3 is 0 Å². The van der Waals surface area contributed by atoms with Crippen molar-refractivity contribution in [2.24, 2.45) is 5.92 Å². The molecular weight excluding hydrogens is 256 g/mol. The molecular formula is C20H22O. The van der Waals surface area contributed by atoms with Gasteiger partial charge in [0.05, 0.1) is 0 Å². The number of benzene rings is 2. The first-order chi connectivity index (χ1) is 10.3. The van der Waals surface area contributed by atoms with E-state index in [9.17, 15) is 4.79 Å². The average molecular weight is 278 g/mol. The van der Waals surface area contributed by atoms with Gasteiger partial charge in [0.2, 0.25) is 0 Å². The summed E-state index contributed by atoms with van der Waals surface area (Å²) >= 11 is 0. The molecule has 1 atom stereocenters. The number of rotatable bonds is 4. The third-order valence-corrected chi connectivity index (χ3v) is 4.49. The van der Waals surface area contributed by atoms with Crippen LogP contribution in [0.25, 0.3) is 10.8 Å². The monoisotopic (exact) mass is 278 g/mol. The Morgan fingerprint density at radius 3 is 2.76 bits per heavy atom. The quantitative estimate of drug-likeness (QED) is 0.712.